The smallest absolute Gasteiger partial charge is 0.255 e. The monoisotopic (exact) mass is 295 g/mol. The van der Waals surface area contributed by atoms with Crippen LogP contribution in [0.15, 0.2) is 41.3 Å². The summed E-state index contributed by atoms with van der Waals surface area (Å²) < 4.78 is 13.1. The average Bonchev–Trinajstić information content (AvgIpc) is 2.38. The highest BCUT2D eigenvalue weighted by atomic mass is 35.5. The molecule has 0 aromatic heterocycles. The van der Waals surface area contributed by atoms with Crippen LogP contribution in [0.25, 0.3) is 0 Å². The van der Waals surface area contributed by atoms with Crippen LogP contribution in [0.1, 0.15) is 15.9 Å². The Morgan fingerprint density at radius 3 is 2.74 bits per heavy atom. The molecule has 19 heavy (non-hydrogen) atoms. The van der Waals surface area contributed by atoms with Crippen LogP contribution in [0.2, 0.25) is 5.02 Å². The minimum absolute atomic E-state index is 0.135. The van der Waals surface area contributed by atoms with Gasteiger partial charge in [-0.05, 0) is 42.8 Å². The Morgan fingerprint density at radius 1 is 1.32 bits per heavy atom. The van der Waals surface area contributed by atoms with Crippen molar-refractivity contribution in [1.82, 2.24) is 0 Å². The Kier molecular flexibility index (Phi) is 4.12. The van der Waals surface area contributed by atoms with Gasteiger partial charge in [0.25, 0.3) is 5.91 Å². The largest absolute Gasteiger partial charge is 0.322 e. The van der Waals surface area contributed by atoms with Gasteiger partial charge in [-0.15, -0.1) is 12.6 Å². The van der Waals surface area contributed by atoms with Crippen molar-refractivity contribution in [3.8, 4) is 0 Å². The number of benzene rings is 2. The highest BCUT2D eigenvalue weighted by Gasteiger charge is 2.10. The van der Waals surface area contributed by atoms with E-state index in [1.807, 2.05) is 6.92 Å². The zero-order valence-corrected chi connectivity index (χ0v) is 11.7. The van der Waals surface area contributed by atoms with Crippen molar-refractivity contribution < 1.29 is 9.18 Å². The number of thiol groups is 1. The second kappa shape index (κ2) is 5.63. The molecule has 0 spiro atoms. The van der Waals surface area contributed by atoms with Gasteiger partial charge >= 0.3 is 0 Å². The van der Waals surface area contributed by atoms with Crippen LogP contribution >= 0.6 is 24.2 Å². The highest BCUT2D eigenvalue weighted by molar-refractivity contribution is 7.80. The summed E-state index contributed by atoms with van der Waals surface area (Å²) >= 11 is 9.93. The average molecular weight is 296 g/mol. The van der Waals surface area contributed by atoms with Crippen LogP contribution in [-0.2, 0) is 0 Å². The van der Waals surface area contributed by atoms with Crippen LogP contribution in [0.3, 0.4) is 0 Å². The topological polar surface area (TPSA) is 29.1 Å². The second-order valence-corrected chi connectivity index (χ2v) is 4.92. The molecule has 0 aliphatic heterocycles. The molecule has 98 valence electrons. The van der Waals surface area contributed by atoms with E-state index in [0.29, 0.717) is 16.3 Å². The SMILES string of the molecule is Cc1c(Cl)cccc1NC(=O)c1ccc(F)c(S)c1. The molecule has 0 bridgehead atoms. The fourth-order valence-corrected chi connectivity index (χ4v) is 1.98. The van der Waals surface area contributed by atoms with Crippen molar-refractivity contribution in [1.29, 1.82) is 0 Å². The molecule has 0 unspecified atom stereocenters. The summed E-state index contributed by atoms with van der Waals surface area (Å²) in [5, 5.41) is 3.31. The number of hydrogen-bond acceptors (Lipinski definition) is 2. The fourth-order valence-electron chi connectivity index (χ4n) is 1.59. The standard InChI is InChI=1S/C14H11ClFNOS/c1-8-10(15)3-2-4-12(8)17-14(18)9-5-6-11(16)13(19)7-9/h2-7,19H,1H3,(H,17,18). The van der Waals surface area contributed by atoms with Gasteiger partial charge in [0.2, 0.25) is 0 Å². The number of amides is 1. The Hall–Kier alpha value is -1.52. The maximum absolute atomic E-state index is 13.1. The Labute approximate surface area is 121 Å². The zero-order valence-electron chi connectivity index (χ0n) is 10.1. The second-order valence-electron chi connectivity index (χ2n) is 4.03. The van der Waals surface area contributed by atoms with Crippen molar-refractivity contribution in [3.05, 3.63) is 58.4 Å². The molecule has 0 aliphatic rings. The van der Waals surface area contributed by atoms with Crippen molar-refractivity contribution >= 4 is 35.8 Å². The molecule has 0 fully saturated rings. The summed E-state index contributed by atoms with van der Waals surface area (Å²) in [4.78, 5) is 12.2. The third-order valence-corrected chi connectivity index (χ3v) is 3.48. The van der Waals surface area contributed by atoms with Gasteiger partial charge in [0.05, 0.1) is 0 Å². The molecule has 0 heterocycles. The highest BCUT2D eigenvalue weighted by Crippen LogP contribution is 2.24. The summed E-state index contributed by atoms with van der Waals surface area (Å²) in [7, 11) is 0. The molecule has 2 nitrogen and oxygen atoms in total. The molecular weight excluding hydrogens is 285 g/mol. The first-order valence-electron chi connectivity index (χ1n) is 5.54. The molecule has 1 amide bonds. The summed E-state index contributed by atoms with van der Waals surface area (Å²) in [6.07, 6.45) is 0. The molecule has 2 aromatic carbocycles. The number of halogens is 2. The lowest BCUT2D eigenvalue weighted by molar-refractivity contribution is 0.102. The lowest BCUT2D eigenvalue weighted by atomic mass is 10.1. The molecule has 2 rings (SSSR count). The number of hydrogen-bond donors (Lipinski definition) is 2. The van der Waals surface area contributed by atoms with Crippen LogP contribution in [0.5, 0.6) is 0 Å². The Bertz CT molecular complexity index is 645. The van der Waals surface area contributed by atoms with E-state index in [-0.39, 0.29) is 10.8 Å². The number of rotatable bonds is 2. The minimum atomic E-state index is -0.459. The summed E-state index contributed by atoms with van der Waals surface area (Å²) in [5.74, 6) is -0.792. The fraction of sp³-hybridized carbons (Fsp3) is 0.0714. The van der Waals surface area contributed by atoms with Crippen LogP contribution in [-0.4, -0.2) is 5.91 Å². The van der Waals surface area contributed by atoms with Gasteiger partial charge in [0.1, 0.15) is 5.82 Å². The van der Waals surface area contributed by atoms with Gasteiger partial charge in [-0.1, -0.05) is 17.7 Å². The molecule has 0 saturated carbocycles. The van der Waals surface area contributed by atoms with Crippen molar-refractivity contribution in [2.75, 3.05) is 5.32 Å². The molecule has 0 aliphatic carbocycles. The third-order valence-electron chi connectivity index (χ3n) is 2.72. The van der Waals surface area contributed by atoms with Gasteiger partial charge < -0.3 is 5.32 Å². The van der Waals surface area contributed by atoms with Gasteiger partial charge in [-0.3, -0.25) is 4.79 Å². The molecule has 0 radical (unpaired) electrons. The third kappa shape index (κ3) is 3.08. The van der Waals surface area contributed by atoms with Crippen molar-refractivity contribution in [3.63, 3.8) is 0 Å². The minimum Gasteiger partial charge on any atom is -0.322 e. The normalized spacial score (nSPS) is 10.3. The van der Waals surface area contributed by atoms with E-state index in [1.165, 1.54) is 18.2 Å². The van der Waals surface area contributed by atoms with Crippen molar-refractivity contribution in [2.24, 2.45) is 0 Å². The van der Waals surface area contributed by atoms with E-state index in [4.69, 9.17) is 11.6 Å². The van der Waals surface area contributed by atoms with E-state index < -0.39 is 5.82 Å². The van der Waals surface area contributed by atoms with Crippen molar-refractivity contribution in [2.45, 2.75) is 11.8 Å². The molecule has 1 N–H and O–H groups in total. The maximum Gasteiger partial charge on any atom is 0.255 e. The summed E-state index contributed by atoms with van der Waals surface area (Å²) in [5.41, 5.74) is 1.75. The number of anilines is 1. The van der Waals surface area contributed by atoms with Crippen LogP contribution in [0.4, 0.5) is 10.1 Å². The van der Waals surface area contributed by atoms with E-state index in [0.717, 1.165) is 5.56 Å². The maximum atomic E-state index is 13.1. The summed E-state index contributed by atoms with van der Waals surface area (Å²) in [6, 6.07) is 9.25. The van der Waals surface area contributed by atoms with Crippen LogP contribution in [0, 0.1) is 12.7 Å². The first-order valence-corrected chi connectivity index (χ1v) is 6.36. The molecule has 0 atom stereocenters. The van der Waals surface area contributed by atoms with E-state index in [9.17, 15) is 9.18 Å². The van der Waals surface area contributed by atoms with E-state index in [2.05, 4.69) is 17.9 Å². The predicted molar refractivity (Wildman–Crippen MR) is 77.8 cm³/mol. The summed E-state index contributed by atoms with van der Waals surface area (Å²) in [6.45, 7) is 1.81. The Balaban J connectivity index is 2.26. The number of carbonyl (C=O) groups excluding carboxylic acids is 1. The molecular formula is C14H11ClFNOS. The van der Waals surface area contributed by atoms with Gasteiger partial charge in [0, 0.05) is 21.2 Å². The van der Waals surface area contributed by atoms with Gasteiger partial charge in [-0.25, -0.2) is 4.39 Å². The van der Waals surface area contributed by atoms with Gasteiger partial charge in [0.15, 0.2) is 0 Å². The predicted octanol–water partition coefficient (Wildman–Crippen LogP) is 4.33. The number of carbonyl (C=O) groups is 1. The molecule has 0 saturated heterocycles. The van der Waals surface area contributed by atoms with Crippen LogP contribution < -0.4 is 5.32 Å². The van der Waals surface area contributed by atoms with Gasteiger partial charge in [-0.2, -0.15) is 0 Å². The number of nitrogens with one attached hydrogen (secondary N) is 1. The molecule has 5 heteroatoms. The first kappa shape index (κ1) is 13.9. The zero-order chi connectivity index (χ0) is 14.0. The van der Waals surface area contributed by atoms with E-state index in [1.54, 1.807) is 18.2 Å². The lowest BCUT2D eigenvalue weighted by Crippen LogP contribution is -2.13. The first-order chi connectivity index (χ1) is 8.99. The lowest BCUT2D eigenvalue weighted by Gasteiger charge is -2.09. The molecule has 2 aromatic rings. The Morgan fingerprint density at radius 2 is 2.05 bits per heavy atom. The quantitative estimate of drug-likeness (QED) is 0.793. The van der Waals surface area contributed by atoms with E-state index >= 15 is 0 Å².